The Kier molecular flexibility index (Phi) is 4.74. The predicted octanol–water partition coefficient (Wildman–Crippen LogP) is 5.28. The van der Waals surface area contributed by atoms with E-state index in [1.165, 1.54) is 24.3 Å². The molecule has 7 heteroatoms. The Bertz CT molecular complexity index is 1040. The van der Waals surface area contributed by atoms with E-state index in [2.05, 4.69) is 6.58 Å². The first-order valence-corrected chi connectivity index (χ1v) is 10.9. The number of halogens is 3. The molecule has 0 bridgehead atoms. The summed E-state index contributed by atoms with van der Waals surface area (Å²) in [7, 11) is -4.09. The summed E-state index contributed by atoms with van der Waals surface area (Å²) in [6.45, 7) is 3.82. The smallest absolute Gasteiger partial charge is 0.188 e. The first-order valence-electron chi connectivity index (χ1n) is 9.07. The van der Waals surface area contributed by atoms with Crippen LogP contribution in [0.3, 0.4) is 0 Å². The van der Waals surface area contributed by atoms with E-state index in [0.717, 1.165) is 18.6 Å². The van der Waals surface area contributed by atoms with Gasteiger partial charge in [-0.3, -0.25) is 0 Å². The summed E-state index contributed by atoms with van der Waals surface area (Å²) in [6, 6.07) is 7.72. The van der Waals surface area contributed by atoms with E-state index in [-0.39, 0.29) is 35.2 Å². The SMILES string of the molecule is C=C[C@@H]1CCC[C@@]2(S(=O)(=O)c3ccc(Cl)cc3)c3c(F)ccc(F)c3OC[C@@H]12. The van der Waals surface area contributed by atoms with Crippen LogP contribution in [0.4, 0.5) is 8.78 Å². The number of allylic oxidation sites excluding steroid dienone is 1. The van der Waals surface area contributed by atoms with Crippen LogP contribution in [0.25, 0.3) is 0 Å². The minimum Gasteiger partial charge on any atom is -0.490 e. The lowest BCUT2D eigenvalue weighted by Gasteiger charge is -2.49. The number of hydrogen-bond donors (Lipinski definition) is 0. The first kappa shape index (κ1) is 19.4. The van der Waals surface area contributed by atoms with Crippen molar-refractivity contribution in [1.29, 1.82) is 0 Å². The topological polar surface area (TPSA) is 43.4 Å². The summed E-state index contributed by atoms with van der Waals surface area (Å²) in [4.78, 5) is 0.0307. The molecule has 1 aliphatic heterocycles. The van der Waals surface area contributed by atoms with Crippen molar-refractivity contribution in [1.82, 2.24) is 0 Å². The third kappa shape index (κ3) is 2.61. The van der Waals surface area contributed by atoms with Crippen molar-refractivity contribution in [3.63, 3.8) is 0 Å². The monoisotopic (exact) mass is 424 g/mol. The van der Waals surface area contributed by atoms with Gasteiger partial charge in [0.05, 0.1) is 17.1 Å². The van der Waals surface area contributed by atoms with E-state index in [1.807, 2.05) is 0 Å². The molecular formula is C21H19ClF2O3S. The largest absolute Gasteiger partial charge is 0.490 e. The van der Waals surface area contributed by atoms with Gasteiger partial charge in [0.2, 0.25) is 0 Å². The first-order chi connectivity index (χ1) is 13.3. The van der Waals surface area contributed by atoms with Gasteiger partial charge < -0.3 is 4.74 Å². The van der Waals surface area contributed by atoms with Crippen LogP contribution in [0.5, 0.6) is 5.75 Å². The van der Waals surface area contributed by atoms with Crippen LogP contribution in [-0.2, 0) is 14.6 Å². The lowest BCUT2D eigenvalue weighted by Crippen LogP contribution is -2.53. The lowest BCUT2D eigenvalue weighted by molar-refractivity contribution is 0.0946. The summed E-state index contributed by atoms with van der Waals surface area (Å²) in [5.41, 5.74) is -0.203. The van der Waals surface area contributed by atoms with E-state index in [9.17, 15) is 12.8 Å². The van der Waals surface area contributed by atoms with E-state index < -0.39 is 32.1 Å². The van der Waals surface area contributed by atoms with Crippen LogP contribution in [0.15, 0.2) is 53.9 Å². The Morgan fingerprint density at radius 1 is 1.14 bits per heavy atom. The molecule has 2 aliphatic rings. The molecule has 0 amide bonds. The maximum absolute atomic E-state index is 15.1. The molecule has 0 saturated heterocycles. The molecule has 0 unspecified atom stereocenters. The van der Waals surface area contributed by atoms with Crippen molar-refractivity contribution in [3.05, 3.63) is 71.3 Å². The second-order valence-electron chi connectivity index (χ2n) is 7.29. The minimum absolute atomic E-state index is 0.0170. The number of hydrogen-bond acceptors (Lipinski definition) is 3. The molecule has 0 radical (unpaired) electrons. The van der Waals surface area contributed by atoms with Gasteiger partial charge in [-0.25, -0.2) is 17.2 Å². The maximum Gasteiger partial charge on any atom is 0.188 e. The van der Waals surface area contributed by atoms with Gasteiger partial charge in [-0.05, 0) is 55.2 Å². The van der Waals surface area contributed by atoms with Crippen molar-refractivity contribution >= 4 is 21.4 Å². The molecular weight excluding hydrogens is 406 g/mol. The summed E-state index contributed by atoms with van der Waals surface area (Å²) in [5, 5.41) is 0.394. The Morgan fingerprint density at radius 3 is 2.50 bits per heavy atom. The van der Waals surface area contributed by atoms with Crippen molar-refractivity contribution < 1.29 is 21.9 Å². The average Bonchev–Trinajstić information content (AvgIpc) is 2.69. The second-order valence-corrected chi connectivity index (χ2v) is 9.93. The highest BCUT2D eigenvalue weighted by Crippen LogP contribution is 2.58. The van der Waals surface area contributed by atoms with Crippen LogP contribution < -0.4 is 4.74 Å². The lowest BCUT2D eigenvalue weighted by atomic mass is 9.67. The molecule has 148 valence electrons. The zero-order chi connectivity index (χ0) is 20.1. The molecule has 3 nitrogen and oxygen atoms in total. The zero-order valence-electron chi connectivity index (χ0n) is 15.0. The fourth-order valence-electron chi connectivity index (χ4n) is 4.72. The number of benzene rings is 2. The number of rotatable bonds is 3. The maximum atomic E-state index is 15.1. The third-order valence-corrected chi connectivity index (χ3v) is 8.81. The Hall–Kier alpha value is -1.92. The van der Waals surface area contributed by atoms with Crippen molar-refractivity contribution in [2.45, 2.75) is 28.9 Å². The number of sulfone groups is 1. The summed E-state index contributed by atoms with van der Waals surface area (Å²) >= 11 is 5.92. The number of fused-ring (bicyclic) bond motifs is 3. The van der Waals surface area contributed by atoms with Crippen LogP contribution in [0.2, 0.25) is 5.02 Å². The van der Waals surface area contributed by atoms with Crippen LogP contribution in [0.1, 0.15) is 24.8 Å². The molecule has 0 N–H and O–H groups in total. The standard InChI is InChI=1S/C21H19ClF2O3S/c1-2-13-4-3-11-21(28(25,26)15-7-5-14(22)6-8-15)16(13)12-27-20-18(24)10-9-17(23)19(20)21/h2,5-10,13,16H,1,3-4,11-12H2/t13-,16+,21+/m1/s1. The molecule has 1 aliphatic carbocycles. The molecule has 3 atom stereocenters. The second kappa shape index (κ2) is 6.85. The molecule has 1 saturated carbocycles. The molecule has 0 aromatic heterocycles. The predicted molar refractivity (Wildman–Crippen MR) is 103 cm³/mol. The quantitative estimate of drug-likeness (QED) is 0.629. The van der Waals surface area contributed by atoms with Crippen LogP contribution in [-0.4, -0.2) is 15.0 Å². The van der Waals surface area contributed by atoms with Gasteiger partial charge in [-0.15, -0.1) is 6.58 Å². The van der Waals surface area contributed by atoms with E-state index in [1.54, 1.807) is 6.08 Å². The van der Waals surface area contributed by atoms with Gasteiger partial charge in [0, 0.05) is 10.9 Å². The Labute approximate surface area is 167 Å². The van der Waals surface area contributed by atoms with Gasteiger partial charge in [-0.1, -0.05) is 24.1 Å². The molecule has 2 aromatic carbocycles. The normalized spacial score (nSPS) is 26.7. The van der Waals surface area contributed by atoms with Crippen molar-refractivity contribution in [2.75, 3.05) is 6.61 Å². The van der Waals surface area contributed by atoms with Crippen molar-refractivity contribution in [3.8, 4) is 5.75 Å². The van der Waals surface area contributed by atoms with E-state index >= 15 is 4.39 Å². The van der Waals surface area contributed by atoms with Crippen LogP contribution >= 0.6 is 11.6 Å². The molecule has 1 heterocycles. The fourth-order valence-corrected chi connectivity index (χ4v) is 7.27. The average molecular weight is 425 g/mol. The van der Waals surface area contributed by atoms with Gasteiger partial charge in [0.25, 0.3) is 0 Å². The van der Waals surface area contributed by atoms with Gasteiger partial charge in [0.15, 0.2) is 21.4 Å². The minimum atomic E-state index is -4.09. The highest BCUT2D eigenvalue weighted by molar-refractivity contribution is 7.92. The highest BCUT2D eigenvalue weighted by Gasteiger charge is 2.60. The van der Waals surface area contributed by atoms with Crippen LogP contribution in [0, 0.1) is 23.5 Å². The van der Waals surface area contributed by atoms with Gasteiger partial charge in [-0.2, -0.15) is 0 Å². The van der Waals surface area contributed by atoms with E-state index in [0.29, 0.717) is 11.4 Å². The number of ether oxygens (including phenoxy) is 1. The van der Waals surface area contributed by atoms with Crippen molar-refractivity contribution in [2.24, 2.45) is 11.8 Å². The van der Waals surface area contributed by atoms with Gasteiger partial charge in [0.1, 0.15) is 10.6 Å². The summed E-state index contributed by atoms with van der Waals surface area (Å²) < 4.78 is 61.3. The summed E-state index contributed by atoms with van der Waals surface area (Å²) in [5.74, 6) is -2.60. The Balaban J connectivity index is 2.05. The summed E-state index contributed by atoms with van der Waals surface area (Å²) in [6.07, 6.45) is 3.16. The molecule has 0 spiro atoms. The highest BCUT2D eigenvalue weighted by atomic mass is 35.5. The molecule has 1 fully saturated rings. The fraction of sp³-hybridized carbons (Fsp3) is 0.333. The molecule has 28 heavy (non-hydrogen) atoms. The Morgan fingerprint density at radius 2 is 1.82 bits per heavy atom. The molecule has 2 aromatic rings. The molecule has 4 rings (SSSR count). The third-order valence-electron chi connectivity index (χ3n) is 6.00. The zero-order valence-corrected chi connectivity index (χ0v) is 16.6. The van der Waals surface area contributed by atoms with E-state index in [4.69, 9.17) is 16.3 Å². The van der Waals surface area contributed by atoms with Gasteiger partial charge >= 0.3 is 0 Å².